The molecule has 1 aliphatic rings. The normalized spacial score (nSPS) is 14.4. The van der Waals surface area contributed by atoms with Gasteiger partial charge >= 0.3 is 5.97 Å². The van der Waals surface area contributed by atoms with Crippen LogP contribution in [0.1, 0.15) is 46.6 Å². The highest BCUT2D eigenvalue weighted by Crippen LogP contribution is 2.30. The van der Waals surface area contributed by atoms with Gasteiger partial charge in [-0.2, -0.15) is 5.10 Å². The summed E-state index contributed by atoms with van der Waals surface area (Å²) in [6.07, 6.45) is 4.27. The van der Waals surface area contributed by atoms with Gasteiger partial charge in [0.05, 0.1) is 12.2 Å². The molecule has 0 saturated heterocycles. The number of carbonyl (C=O) groups excluding carboxylic acids is 2. The maximum atomic E-state index is 12.4. The zero-order valence-electron chi connectivity index (χ0n) is 16.1. The van der Waals surface area contributed by atoms with Gasteiger partial charge in [-0.1, -0.05) is 42.6 Å². The molecule has 1 amide bonds. The molecule has 0 radical (unpaired) electrons. The summed E-state index contributed by atoms with van der Waals surface area (Å²) in [4.78, 5) is 25.8. The van der Waals surface area contributed by atoms with Crippen LogP contribution in [0.2, 0.25) is 5.02 Å². The van der Waals surface area contributed by atoms with Gasteiger partial charge in [-0.25, -0.2) is 4.79 Å². The Morgan fingerprint density at radius 1 is 1.31 bits per heavy atom. The van der Waals surface area contributed by atoms with Gasteiger partial charge < -0.3 is 10.1 Å². The standard InChI is InChI=1S/C21H22ClN3O3S/c1-13-16-10-18(21(27)28-12-19(26)23-15-7-3-4-8-15)29-20(16)25(24-13)11-14-6-2-5-9-17(14)22/h2,5-6,9-10,15H,3-4,7-8,11-12H2,1H3,(H,23,26). The van der Waals surface area contributed by atoms with E-state index >= 15 is 0 Å². The molecular weight excluding hydrogens is 410 g/mol. The van der Waals surface area contributed by atoms with E-state index in [1.165, 1.54) is 11.3 Å². The van der Waals surface area contributed by atoms with Crippen molar-refractivity contribution in [2.45, 2.75) is 45.2 Å². The first-order chi connectivity index (χ1) is 14.0. The molecule has 2 aromatic heterocycles. The number of thiophene rings is 1. The third-order valence-corrected chi connectivity index (χ3v) is 6.64. The topological polar surface area (TPSA) is 73.2 Å². The summed E-state index contributed by atoms with van der Waals surface area (Å²) in [7, 11) is 0. The van der Waals surface area contributed by atoms with Crippen molar-refractivity contribution in [3.8, 4) is 0 Å². The van der Waals surface area contributed by atoms with E-state index in [1.807, 2.05) is 35.9 Å². The Morgan fingerprint density at radius 2 is 2.07 bits per heavy atom. The van der Waals surface area contributed by atoms with Crippen LogP contribution in [0.25, 0.3) is 10.2 Å². The second-order valence-electron chi connectivity index (χ2n) is 7.29. The first kappa shape index (κ1) is 19.9. The third kappa shape index (κ3) is 4.46. The van der Waals surface area contributed by atoms with Crippen molar-refractivity contribution in [3.05, 3.63) is 51.5 Å². The molecule has 152 valence electrons. The summed E-state index contributed by atoms with van der Waals surface area (Å²) in [5, 5.41) is 9.07. The van der Waals surface area contributed by atoms with E-state index in [-0.39, 0.29) is 18.6 Å². The van der Waals surface area contributed by atoms with Crippen LogP contribution in [0.15, 0.2) is 30.3 Å². The molecule has 0 unspecified atom stereocenters. The van der Waals surface area contributed by atoms with Gasteiger partial charge in [0.15, 0.2) is 6.61 Å². The fourth-order valence-corrected chi connectivity index (χ4v) is 4.90. The summed E-state index contributed by atoms with van der Waals surface area (Å²) < 4.78 is 7.07. The maximum Gasteiger partial charge on any atom is 0.348 e. The predicted octanol–water partition coefficient (Wildman–Crippen LogP) is 4.32. The fraction of sp³-hybridized carbons (Fsp3) is 0.381. The van der Waals surface area contributed by atoms with Crippen molar-refractivity contribution in [1.82, 2.24) is 15.1 Å². The lowest BCUT2D eigenvalue weighted by molar-refractivity contribution is -0.124. The van der Waals surface area contributed by atoms with E-state index in [9.17, 15) is 9.59 Å². The monoisotopic (exact) mass is 431 g/mol. The van der Waals surface area contributed by atoms with Gasteiger partial charge in [-0.15, -0.1) is 11.3 Å². The summed E-state index contributed by atoms with van der Waals surface area (Å²) in [6.45, 7) is 2.17. The van der Waals surface area contributed by atoms with E-state index in [4.69, 9.17) is 16.3 Å². The number of aryl methyl sites for hydroxylation is 1. The van der Waals surface area contributed by atoms with Crippen molar-refractivity contribution >= 4 is 45.0 Å². The van der Waals surface area contributed by atoms with Crippen LogP contribution in [-0.4, -0.2) is 34.3 Å². The first-order valence-electron chi connectivity index (χ1n) is 9.68. The number of nitrogens with one attached hydrogen (secondary N) is 1. The summed E-state index contributed by atoms with van der Waals surface area (Å²) in [6, 6.07) is 9.61. The predicted molar refractivity (Wildman–Crippen MR) is 114 cm³/mol. The molecule has 0 spiro atoms. The largest absolute Gasteiger partial charge is 0.451 e. The molecule has 3 aromatic rings. The molecule has 1 fully saturated rings. The number of hydrogen-bond acceptors (Lipinski definition) is 5. The number of esters is 1. The summed E-state index contributed by atoms with van der Waals surface area (Å²) in [5.74, 6) is -0.732. The lowest BCUT2D eigenvalue weighted by Gasteiger charge is -2.11. The SMILES string of the molecule is Cc1nn(Cc2ccccc2Cl)c2sc(C(=O)OCC(=O)NC3CCCC3)cc12. The Labute approximate surface area is 177 Å². The number of nitrogens with zero attached hydrogens (tertiary/aromatic N) is 2. The van der Waals surface area contributed by atoms with Crippen molar-refractivity contribution < 1.29 is 14.3 Å². The molecule has 0 bridgehead atoms. The molecule has 29 heavy (non-hydrogen) atoms. The van der Waals surface area contributed by atoms with Crippen LogP contribution in [-0.2, 0) is 16.1 Å². The van der Waals surface area contributed by atoms with E-state index in [0.29, 0.717) is 16.4 Å². The minimum Gasteiger partial charge on any atom is -0.451 e. The Bertz CT molecular complexity index is 1050. The molecular formula is C21H22ClN3O3S. The quantitative estimate of drug-likeness (QED) is 0.590. The zero-order valence-corrected chi connectivity index (χ0v) is 17.7. The summed E-state index contributed by atoms with van der Waals surface area (Å²) in [5.41, 5.74) is 1.79. The van der Waals surface area contributed by atoms with Crippen molar-refractivity contribution in [3.63, 3.8) is 0 Å². The molecule has 1 aliphatic carbocycles. The number of ether oxygens (including phenoxy) is 1. The lowest BCUT2D eigenvalue weighted by Crippen LogP contribution is -2.35. The second-order valence-corrected chi connectivity index (χ2v) is 8.73. The van der Waals surface area contributed by atoms with Crippen molar-refractivity contribution in [2.24, 2.45) is 0 Å². The van der Waals surface area contributed by atoms with Gasteiger partial charge in [0, 0.05) is 16.5 Å². The van der Waals surface area contributed by atoms with Crippen LogP contribution in [0, 0.1) is 6.92 Å². The average Bonchev–Trinajstić information content (AvgIpc) is 3.41. The Balaban J connectivity index is 1.45. The summed E-state index contributed by atoms with van der Waals surface area (Å²) >= 11 is 7.58. The molecule has 4 rings (SSSR count). The van der Waals surface area contributed by atoms with Gasteiger partial charge in [0.25, 0.3) is 5.91 Å². The van der Waals surface area contributed by atoms with E-state index in [1.54, 1.807) is 6.07 Å². The number of amides is 1. The smallest absolute Gasteiger partial charge is 0.348 e. The van der Waals surface area contributed by atoms with E-state index < -0.39 is 5.97 Å². The molecule has 1 N–H and O–H groups in total. The van der Waals surface area contributed by atoms with E-state index in [2.05, 4.69) is 10.4 Å². The fourth-order valence-electron chi connectivity index (χ4n) is 3.65. The Morgan fingerprint density at radius 3 is 2.83 bits per heavy atom. The number of hydrogen-bond donors (Lipinski definition) is 1. The van der Waals surface area contributed by atoms with Crippen LogP contribution in [0.5, 0.6) is 0 Å². The second kappa shape index (κ2) is 8.55. The zero-order chi connectivity index (χ0) is 20.4. The van der Waals surface area contributed by atoms with Crippen LogP contribution < -0.4 is 5.32 Å². The maximum absolute atomic E-state index is 12.4. The average molecular weight is 432 g/mol. The highest BCUT2D eigenvalue weighted by atomic mass is 35.5. The molecule has 1 saturated carbocycles. The van der Waals surface area contributed by atoms with Crippen molar-refractivity contribution in [1.29, 1.82) is 0 Å². The van der Waals surface area contributed by atoms with Gasteiger partial charge in [0.2, 0.25) is 0 Å². The Kier molecular flexibility index (Phi) is 5.87. The minimum atomic E-state index is -0.489. The number of benzene rings is 1. The first-order valence-corrected chi connectivity index (χ1v) is 10.9. The highest BCUT2D eigenvalue weighted by molar-refractivity contribution is 7.20. The van der Waals surface area contributed by atoms with Gasteiger partial charge in [0.1, 0.15) is 9.71 Å². The lowest BCUT2D eigenvalue weighted by atomic mass is 10.2. The highest BCUT2D eigenvalue weighted by Gasteiger charge is 2.20. The Hall–Kier alpha value is -2.38. The molecule has 0 atom stereocenters. The van der Waals surface area contributed by atoms with Crippen LogP contribution in [0.3, 0.4) is 0 Å². The molecule has 1 aromatic carbocycles. The van der Waals surface area contributed by atoms with E-state index in [0.717, 1.165) is 47.2 Å². The van der Waals surface area contributed by atoms with Crippen molar-refractivity contribution in [2.75, 3.05) is 6.61 Å². The number of halogens is 1. The molecule has 8 heteroatoms. The molecule has 0 aliphatic heterocycles. The molecule has 2 heterocycles. The van der Waals surface area contributed by atoms with Gasteiger partial charge in [-0.3, -0.25) is 9.48 Å². The number of aromatic nitrogens is 2. The minimum absolute atomic E-state index is 0.212. The third-order valence-electron chi connectivity index (χ3n) is 5.14. The number of carbonyl (C=O) groups is 2. The molecule has 6 nitrogen and oxygen atoms in total. The number of rotatable bonds is 6. The number of fused-ring (bicyclic) bond motifs is 1. The van der Waals surface area contributed by atoms with Crippen LogP contribution >= 0.6 is 22.9 Å². The van der Waals surface area contributed by atoms with Gasteiger partial charge in [-0.05, 0) is 37.5 Å². The van der Waals surface area contributed by atoms with Crippen LogP contribution in [0.4, 0.5) is 0 Å².